The summed E-state index contributed by atoms with van der Waals surface area (Å²) in [6, 6.07) is 10.9. The SMILES string of the molecule is COc1ccc(C)cc1C(=O)Nc1ccc(C)c(N)c1. The van der Waals surface area contributed by atoms with Crippen LogP contribution in [0.2, 0.25) is 0 Å². The third-order valence-corrected chi connectivity index (χ3v) is 3.14. The first-order chi connectivity index (χ1) is 9.51. The van der Waals surface area contributed by atoms with Gasteiger partial charge in [-0.05, 0) is 43.7 Å². The lowest BCUT2D eigenvalue weighted by Gasteiger charge is -2.11. The summed E-state index contributed by atoms with van der Waals surface area (Å²) in [5.74, 6) is 0.335. The lowest BCUT2D eigenvalue weighted by molar-refractivity contribution is 0.102. The molecular formula is C16H18N2O2. The van der Waals surface area contributed by atoms with Crippen molar-refractivity contribution in [2.24, 2.45) is 0 Å². The molecule has 2 rings (SSSR count). The van der Waals surface area contributed by atoms with Crippen molar-refractivity contribution >= 4 is 17.3 Å². The van der Waals surface area contributed by atoms with Crippen LogP contribution in [-0.2, 0) is 0 Å². The largest absolute Gasteiger partial charge is 0.496 e. The number of nitrogens with two attached hydrogens (primary N) is 1. The molecule has 0 aliphatic rings. The van der Waals surface area contributed by atoms with Crippen LogP contribution in [0.5, 0.6) is 5.75 Å². The number of ether oxygens (including phenoxy) is 1. The molecule has 1 amide bonds. The van der Waals surface area contributed by atoms with E-state index in [0.717, 1.165) is 11.1 Å². The van der Waals surface area contributed by atoms with Gasteiger partial charge in [-0.25, -0.2) is 0 Å². The third-order valence-electron chi connectivity index (χ3n) is 3.14. The lowest BCUT2D eigenvalue weighted by Crippen LogP contribution is -2.13. The zero-order chi connectivity index (χ0) is 14.7. The first-order valence-corrected chi connectivity index (χ1v) is 6.33. The number of nitrogen functional groups attached to an aromatic ring is 1. The summed E-state index contributed by atoms with van der Waals surface area (Å²) >= 11 is 0. The van der Waals surface area contributed by atoms with Crippen LogP contribution in [0, 0.1) is 13.8 Å². The predicted molar refractivity (Wildman–Crippen MR) is 81.3 cm³/mol. The highest BCUT2D eigenvalue weighted by atomic mass is 16.5. The molecule has 0 aliphatic heterocycles. The third kappa shape index (κ3) is 2.91. The number of hydrogen-bond donors (Lipinski definition) is 2. The van der Waals surface area contributed by atoms with Gasteiger partial charge in [0.05, 0.1) is 12.7 Å². The van der Waals surface area contributed by atoms with Gasteiger partial charge in [0, 0.05) is 11.4 Å². The predicted octanol–water partition coefficient (Wildman–Crippen LogP) is 3.15. The van der Waals surface area contributed by atoms with Crippen molar-refractivity contribution < 1.29 is 9.53 Å². The number of nitrogens with one attached hydrogen (secondary N) is 1. The molecule has 0 unspecified atom stereocenters. The van der Waals surface area contributed by atoms with Crippen LogP contribution in [0.4, 0.5) is 11.4 Å². The zero-order valence-corrected chi connectivity index (χ0v) is 11.9. The highest BCUT2D eigenvalue weighted by Crippen LogP contribution is 2.22. The van der Waals surface area contributed by atoms with E-state index in [1.54, 1.807) is 25.3 Å². The van der Waals surface area contributed by atoms with E-state index in [0.29, 0.717) is 22.7 Å². The molecule has 3 N–H and O–H groups in total. The Kier molecular flexibility index (Phi) is 3.94. The molecule has 20 heavy (non-hydrogen) atoms. The average molecular weight is 270 g/mol. The Hall–Kier alpha value is -2.49. The van der Waals surface area contributed by atoms with Crippen LogP contribution >= 0.6 is 0 Å². The molecule has 0 spiro atoms. The molecule has 0 atom stereocenters. The molecule has 0 radical (unpaired) electrons. The molecule has 0 aromatic heterocycles. The fourth-order valence-corrected chi connectivity index (χ4v) is 1.92. The first kappa shape index (κ1) is 13.9. The molecule has 0 fully saturated rings. The number of carbonyl (C=O) groups excluding carboxylic acids is 1. The van der Waals surface area contributed by atoms with E-state index >= 15 is 0 Å². The van der Waals surface area contributed by atoms with Crippen molar-refractivity contribution in [2.45, 2.75) is 13.8 Å². The number of carbonyl (C=O) groups is 1. The van der Waals surface area contributed by atoms with Crippen LogP contribution in [-0.4, -0.2) is 13.0 Å². The smallest absolute Gasteiger partial charge is 0.259 e. The van der Waals surface area contributed by atoms with E-state index in [1.807, 2.05) is 32.0 Å². The number of anilines is 2. The number of rotatable bonds is 3. The van der Waals surface area contributed by atoms with Crippen LogP contribution in [0.15, 0.2) is 36.4 Å². The molecule has 2 aromatic rings. The topological polar surface area (TPSA) is 64.3 Å². The Balaban J connectivity index is 2.27. The minimum Gasteiger partial charge on any atom is -0.496 e. The van der Waals surface area contributed by atoms with Gasteiger partial charge in [0.1, 0.15) is 5.75 Å². The molecule has 0 aliphatic carbocycles. The summed E-state index contributed by atoms with van der Waals surface area (Å²) in [6.45, 7) is 3.85. The fraction of sp³-hybridized carbons (Fsp3) is 0.188. The van der Waals surface area contributed by atoms with Gasteiger partial charge < -0.3 is 15.8 Å². The lowest BCUT2D eigenvalue weighted by atomic mass is 10.1. The Morgan fingerprint density at radius 2 is 1.90 bits per heavy atom. The van der Waals surface area contributed by atoms with Crippen molar-refractivity contribution in [2.75, 3.05) is 18.2 Å². The van der Waals surface area contributed by atoms with E-state index in [4.69, 9.17) is 10.5 Å². The monoisotopic (exact) mass is 270 g/mol. The van der Waals surface area contributed by atoms with E-state index in [-0.39, 0.29) is 5.91 Å². The minimum absolute atomic E-state index is 0.214. The molecule has 4 nitrogen and oxygen atoms in total. The number of aryl methyl sites for hydroxylation is 2. The van der Waals surface area contributed by atoms with Gasteiger partial charge in [-0.3, -0.25) is 4.79 Å². The van der Waals surface area contributed by atoms with E-state index in [2.05, 4.69) is 5.32 Å². The summed E-state index contributed by atoms with van der Waals surface area (Å²) in [4.78, 5) is 12.3. The maximum atomic E-state index is 12.3. The number of methoxy groups -OCH3 is 1. The first-order valence-electron chi connectivity index (χ1n) is 6.33. The second kappa shape index (κ2) is 5.65. The fourth-order valence-electron chi connectivity index (χ4n) is 1.92. The number of benzene rings is 2. The van der Waals surface area contributed by atoms with E-state index in [9.17, 15) is 4.79 Å². The van der Waals surface area contributed by atoms with Crippen LogP contribution < -0.4 is 15.8 Å². The van der Waals surface area contributed by atoms with Gasteiger partial charge in [0.25, 0.3) is 5.91 Å². The molecular weight excluding hydrogens is 252 g/mol. The summed E-state index contributed by atoms with van der Waals surface area (Å²) in [5.41, 5.74) is 9.65. The minimum atomic E-state index is -0.214. The highest BCUT2D eigenvalue weighted by Gasteiger charge is 2.13. The maximum absolute atomic E-state index is 12.3. The standard InChI is InChI=1S/C16H18N2O2/c1-10-4-7-15(20-3)13(8-10)16(19)18-12-6-5-11(2)14(17)9-12/h4-9H,17H2,1-3H3,(H,18,19). The number of hydrogen-bond acceptors (Lipinski definition) is 3. The summed E-state index contributed by atoms with van der Waals surface area (Å²) in [6.07, 6.45) is 0. The Bertz CT molecular complexity index is 651. The van der Waals surface area contributed by atoms with Crippen molar-refractivity contribution in [3.63, 3.8) is 0 Å². The quantitative estimate of drug-likeness (QED) is 0.842. The maximum Gasteiger partial charge on any atom is 0.259 e. The Labute approximate surface area is 118 Å². The molecule has 0 saturated carbocycles. The normalized spacial score (nSPS) is 10.2. The van der Waals surface area contributed by atoms with Gasteiger partial charge in [0.2, 0.25) is 0 Å². The molecule has 2 aromatic carbocycles. The Morgan fingerprint density at radius 1 is 1.15 bits per heavy atom. The second-order valence-electron chi connectivity index (χ2n) is 4.73. The molecule has 0 bridgehead atoms. The van der Waals surface area contributed by atoms with Gasteiger partial charge in [-0.2, -0.15) is 0 Å². The zero-order valence-electron chi connectivity index (χ0n) is 11.9. The molecule has 0 saturated heterocycles. The van der Waals surface area contributed by atoms with Crippen molar-refractivity contribution in [1.82, 2.24) is 0 Å². The summed E-state index contributed by atoms with van der Waals surface area (Å²) in [7, 11) is 1.55. The van der Waals surface area contributed by atoms with Crippen molar-refractivity contribution in [1.29, 1.82) is 0 Å². The highest BCUT2D eigenvalue weighted by molar-refractivity contribution is 6.06. The van der Waals surface area contributed by atoms with Gasteiger partial charge in [-0.1, -0.05) is 17.7 Å². The second-order valence-corrected chi connectivity index (χ2v) is 4.73. The van der Waals surface area contributed by atoms with Crippen LogP contribution in [0.25, 0.3) is 0 Å². The summed E-state index contributed by atoms with van der Waals surface area (Å²) < 4.78 is 5.22. The van der Waals surface area contributed by atoms with Crippen LogP contribution in [0.1, 0.15) is 21.5 Å². The van der Waals surface area contributed by atoms with Gasteiger partial charge >= 0.3 is 0 Å². The molecule has 104 valence electrons. The van der Waals surface area contributed by atoms with Gasteiger partial charge in [-0.15, -0.1) is 0 Å². The van der Waals surface area contributed by atoms with Crippen molar-refractivity contribution in [3.05, 3.63) is 53.1 Å². The summed E-state index contributed by atoms with van der Waals surface area (Å²) in [5, 5.41) is 2.83. The Morgan fingerprint density at radius 3 is 2.55 bits per heavy atom. The average Bonchev–Trinajstić information content (AvgIpc) is 2.43. The van der Waals surface area contributed by atoms with Crippen LogP contribution in [0.3, 0.4) is 0 Å². The van der Waals surface area contributed by atoms with E-state index < -0.39 is 0 Å². The van der Waals surface area contributed by atoms with Gasteiger partial charge in [0.15, 0.2) is 0 Å². The molecule has 4 heteroatoms. The molecule has 0 heterocycles. The van der Waals surface area contributed by atoms with Crippen molar-refractivity contribution in [3.8, 4) is 5.75 Å². The number of amides is 1. The van der Waals surface area contributed by atoms with E-state index in [1.165, 1.54) is 0 Å².